The predicted octanol–water partition coefficient (Wildman–Crippen LogP) is 3.46. The normalized spacial score (nSPS) is 14.2. The number of aromatic nitrogens is 4. The SMILES string of the molecule is O=c1[nH]ncc(N2CCc3c(Cc4ccc(F)cc4C(F)(F)F)n[nH]c3C2)c1Cl. The molecule has 0 bridgehead atoms. The molecule has 2 N–H and O–H groups in total. The molecule has 0 fully saturated rings. The summed E-state index contributed by atoms with van der Waals surface area (Å²) in [4.78, 5) is 13.5. The van der Waals surface area contributed by atoms with Gasteiger partial charge in [0, 0.05) is 18.5 Å². The number of fused-ring (bicyclic) bond motifs is 1. The van der Waals surface area contributed by atoms with Crippen molar-refractivity contribution < 1.29 is 17.6 Å². The van der Waals surface area contributed by atoms with Crippen LogP contribution in [0.15, 0.2) is 29.2 Å². The summed E-state index contributed by atoms with van der Waals surface area (Å²) in [6.45, 7) is 0.836. The van der Waals surface area contributed by atoms with E-state index in [1.807, 2.05) is 4.90 Å². The Balaban J connectivity index is 1.62. The Bertz CT molecular complexity index is 1120. The number of alkyl halides is 3. The number of nitrogens with zero attached hydrogens (tertiary/aromatic N) is 3. The van der Waals surface area contributed by atoms with Crippen LogP contribution >= 0.6 is 11.6 Å². The first-order chi connectivity index (χ1) is 13.7. The summed E-state index contributed by atoms with van der Waals surface area (Å²) in [6.07, 6.45) is -2.80. The van der Waals surface area contributed by atoms with E-state index in [2.05, 4.69) is 20.4 Å². The van der Waals surface area contributed by atoms with Crippen molar-refractivity contribution >= 4 is 17.3 Å². The van der Waals surface area contributed by atoms with Gasteiger partial charge in [0.15, 0.2) is 0 Å². The van der Waals surface area contributed by atoms with E-state index in [1.165, 1.54) is 6.20 Å². The van der Waals surface area contributed by atoms with E-state index >= 15 is 0 Å². The molecule has 1 aliphatic heterocycles. The largest absolute Gasteiger partial charge is 0.416 e. The molecule has 1 aliphatic rings. The Hall–Kier alpha value is -2.88. The van der Waals surface area contributed by atoms with Crippen LogP contribution in [0.2, 0.25) is 5.02 Å². The maximum Gasteiger partial charge on any atom is 0.416 e. The maximum atomic E-state index is 13.3. The minimum atomic E-state index is -4.66. The molecule has 0 amide bonds. The van der Waals surface area contributed by atoms with E-state index in [0.29, 0.717) is 37.0 Å². The summed E-state index contributed by atoms with van der Waals surface area (Å²) in [5.74, 6) is -0.941. The van der Waals surface area contributed by atoms with Gasteiger partial charge in [-0.05, 0) is 24.1 Å². The first-order valence-electron chi connectivity index (χ1n) is 8.63. The van der Waals surface area contributed by atoms with Crippen LogP contribution in [0.3, 0.4) is 0 Å². The fourth-order valence-electron chi connectivity index (χ4n) is 3.48. The maximum absolute atomic E-state index is 13.3. The zero-order valence-electron chi connectivity index (χ0n) is 14.8. The fourth-order valence-corrected chi connectivity index (χ4v) is 3.69. The molecule has 0 saturated carbocycles. The van der Waals surface area contributed by atoms with E-state index in [1.54, 1.807) is 0 Å². The van der Waals surface area contributed by atoms with Crippen LogP contribution in [0.5, 0.6) is 0 Å². The van der Waals surface area contributed by atoms with Gasteiger partial charge in [0.05, 0.1) is 35.4 Å². The fraction of sp³-hybridized carbons (Fsp3) is 0.278. The van der Waals surface area contributed by atoms with Gasteiger partial charge in [-0.25, -0.2) is 9.49 Å². The standard InChI is InChI=1S/C18H14ClF4N5O/c19-16-15(7-24-27-17(16)29)28-4-3-11-13(25-26-14(11)8-28)5-9-1-2-10(20)6-12(9)18(21,22)23/h1-2,6-7H,3-5,8H2,(H,25,26)(H,27,29). The lowest BCUT2D eigenvalue weighted by atomic mass is 9.97. The third-order valence-corrected chi connectivity index (χ3v) is 5.24. The van der Waals surface area contributed by atoms with Crippen LogP contribution in [0.25, 0.3) is 0 Å². The van der Waals surface area contributed by atoms with E-state index in [-0.39, 0.29) is 17.0 Å². The van der Waals surface area contributed by atoms with Gasteiger partial charge in [0.2, 0.25) is 0 Å². The number of nitrogens with one attached hydrogen (secondary N) is 2. The number of H-pyrrole nitrogens is 2. The number of hydrogen-bond acceptors (Lipinski definition) is 4. The minimum Gasteiger partial charge on any atom is -0.363 e. The van der Waals surface area contributed by atoms with E-state index in [0.717, 1.165) is 23.4 Å². The van der Waals surface area contributed by atoms with Crippen LogP contribution in [0.4, 0.5) is 23.2 Å². The van der Waals surface area contributed by atoms with Crippen LogP contribution < -0.4 is 10.5 Å². The van der Waals surface area contributed by atoms with Crippen molar-refractivity contribution in [3.63, 3.8) is 0 Å². The summed E-state index contributed by atoms with van der Waals surface area (Å²) in [7, 11) is 0. The molecule has 0 saturated heterocycles. The highest BCUT2D eigenvalue weighted by Crippen LogP contribution is 2.34. The zero-order valence-corrected chi connectivity index (χ0v) is 15.5. The average Bonchev–Trinajstić information content (AvgIpc) is 3.06. The van der Waals surface area contributed by atoms with Gasteiger partial charge in [0.1, 0.15) is 10.8 Å². The molecule has 3 heterocycles. The molecule has 6 nitrogen and oxygen atoms in total. The lowest BCUT2D eigenvalue weighted by Crippen LogP contribution is -2.32. The summed E-state index contributed by atoms with van der Waals surface area (Å²) in [5, 5.41) is 13.0. The molecule has 0 atom stereocenters. The van der Waals surface area contributed by atoms with Gasteiger partial charge in [-0.2, -0.15) is 23.4 Å². The lowest BCUT2D eigenvalue weighted by molar-refractivity contribution is -0.138. The molecular formula is C18H14ClF4N5O. The monoisotopic (exact) mass is 427 g/mol. The molecule has 11 heteroatoms. The van der Waals surface area contributed by atoms with Gasteiger partial charge in [-0.15, -0.1) is 0 Å². The van der Waals surface area contributed by atoms with Crippen LogP contribution in [-0.2, 0) is 25.6 Å². The quantitative estimate of drug-likeness (QED) is 0.628. The summed E-state index contributed by atoms with van der Waals surface area (Å²) >= 11 is 6.05. The Labute approximate surface area is 166 Å². The van der Waals surface area contributed by atoms with Crippen LogP contribution in [0.1, 0.15) is 28.1 Å². The van der Waals surface area contributed by atoms with Gasteiger partial charge in [-0.1, -0.05) is 17.7 Å². The number of hydrogen-bond donors (Lipinski definition) is 2. The first-order valence-corrected chi connectivity index (χ1v) is 9.00. The second-order valence-electron chi connectivity index (χ2n) is 6.67. The summed E-state index contributed by atoms with van der Waals surface area (Å²) < 4.78 is 53.1. The minimum absolute atomic E-state index is 0.0179. The van der Waals surface area contributed by atoms with Crippen molar-refractivity contribution in [2.45, 2.75) is 25.6 Å². The van der Waals surface area contributed by atoms with Crippen molar-refractivity contribution in [2.75, 3.05) is 11.4 Å². The van der Waals surface area contributed by atoms with Crippen molar-refractivity contribution in [3.8, 4) is 0 Å². The molecule has 1 aromatic carbocycles. The number of halogens is 5. The van der Waals surface area contributed by atoms with Gasteiger partial charge in [-0.3, -0.25) is 9.89 Å². The topological polar surface area (TPSA) is 77.7 Å². The molecule has 3 aromatic rings. The van der Waals surface area contributed by atoms with E-state index in [4.69, 9.17) is 11.6 Å². The molecular weight excluding hydrogens is 414 g/mol. The Morgan fingerprint density at radius 3 is 2.79 bits per heavy atom. The first kappa shape index (κ1) is 19.4. The van der Waals surface area contributed by atoms with Crippen molar-refractivity contribution in [1.82, 2.24) is 20.4 Å². The smallest absolute Gasteiger partial charge is 0.363 e. The van der Waals surface area contributed by atoms with Crippen molar-refractivity contribution in [1.29, 1.82) is 0 Å². The van der Waals surface area contributed by atoms with Gasteiger partial charge in [0.25, 0.3) is 5.56 Å². The lowest BCUT2D eigenvalue weighted by Gasteiger charge is -2.29. The predicted molar refractivity (Wildman–Crippen MR) is 97.4 cm³/mol. The van der Waals surface area contributed by atoms with E-state index in [9.17, 15) is 22.4 Å². The van der Waals surface area contributed by atoms with E-state index < -0.39 is 23.1 Å². The molecule has 0 spiro atoms. The molecule has 0 aliphatic carbocycles. The molecule has 4 rings (SSSR count). The van der Waals surface area contributed by atoms with Crippen LogP contribution in [-0.4, -0.2) is 26.9 Å². The zero-order chi connectivity index (χ0) is 20.8. The average molecular weight is 428 g/mol. The van der Waals surface area contributed by atoms with Gasteiger partial charge >= 0.3 is 6.18 Å². The third-order valence-electron chi connectivity index (χ3n) is 4.87. The summed E-state index contributed by atoms with van der Waals surface area (Å²) in [5.41, 5.74) is 0.926. The van der Waals surface area contributed by atoms with Gasteiger partial charge < -0.3 is 4.90 Å². The second-order valence-corrected chi connectivity index (χ2v) is 7.05. The van der Waals surface area contributed by atoms with Crippen molar-refractivity contribution in [2.24, 2.45) is 0 Å². The number of anilines is 1. The highest BCUT2D eigenvalue weighted by molar-refractivity contribution is 6.32. The molecule has 0 unspecified atom stereocenters. The second kappa shape index (κ2) is 7.18. The molecule has 152 valence electrons. The number of aromatic amines is 2. The van der Waals surface area contributed by atoms with Crippen molar-refractivity contribution in [3.05, 3.63) is 73.7 Å². The number of rotatable bonds is 3. The highest BCUT2D eigenvalue weighted by atomic mass is 35.5. The molecule has 2 aromatic heterocycles. The Kier molecular flexibility index (Phi) is 4.81. The molecule has 29 heavy (non-hydrogen) atoms. The van der Waals surface area contributed by atoms with Crippen LogP contribution in [0, 0.1) is 5.82 Å². The highest BCUT2D eigenvalue weighted by Gasteiger charge is 2.34. The third kappa shape index (κ3) is 3.71. The Morgan fingerprint density at radius 2 is 2.03 bits per heavy atom. The Morgan fingerprint density at radius 1 is 1.24 bits per heavy atom. The number of benzene rings is 1. The summed E-state index contributed by atoms with van der Waals surface area (Å²) in [6, 6.07) is 2.64. The molecule has 0 radical (unpaired) electrons.